The van der Waals surface area contributed by atoms with Crippen LogP contribution in [0.3, 0.4) is 0 Å². The highest BCUT2D eigenvalue weighted by Gasteiger charge is 2.53. The molecule has 122 valence electrons. The molecule has 1 aromatic carbocycles. The van der Waals surface area contributed by atoms with Crippen LogP contribution in [0.4, 0.5) is 4.39 Å². The van der Waals surface area contributed by atoms with E-state index in [1.807, 2.05) is 0 Å². The van der Waals surface area contributed by atoms with E-state index in [0.717, 1.165) is 4.31 Å². The summed E-state index contributed by atoms with van der Waals surface area (Å²) in [4.78, 5) is 11.2. The van der Waals surface area contributed by atoms with Gasteiger partial charge in [-0.1, -0.05) is 18.2 Å². The van der Waals surface area contributed by atoms with Crippen LogP contribution in [-0.2, 0) is 26.0 Å². The van der Waals surface area contributed by atoms with Gasteiger partial charge in [-0.05, 0) is 18.1 Å². The average molecular weight is 331 g/mol. The molecule has 1 aliphatic heterocycles. The van der Waals surface area contributed by atoms with E-state index in [2.05, 4.69) is 0 Å². The van der Waals surface area contributed by atoms with Crippen LogP contribution in [-0.4, -0.2) is 56.4 Å². The Balaban J connectivity index is 1.99. The lowest BCUT2D eigenvalue weighted by atomic mass is 9.83. The lowest BCUT2D eigenvalue weighted by molar-refractivity contribution is -0.161. The topological polar surface area (TPSA) is 83.9 Å². The van der Waals surface area contributed by atoms with Crippen LogP contribution >= 0.6 is 0 Å². The third-order valence-corrected chi connectivity index (χ3v) is 5.58. The first kappa shape index (κ1) is 16.9. The highest BCUT2D eigenvalue weighted by atomic mass is 32.2. The number of benzene rings is 1. The number of carboxylic acids is 1. The Hall–Kier alpha value is -1.51. The van der Waals surface area contributed by atoms with E-state index < -0.39 is 27.2 Å². The molecule has 6 nitrogen and oxygen atoms in total. The van der Waals surface area contributed by atoms with E-state index in [1.54, 1.807) is 6.07 Å². The molecule has 22 heavy (non-hydrogen) atoms. The lowest BCUT2D eigenvalue weighted by Crippen LogP contribution is -2.64. The zero-order valence-corrected chi connectivity index (χ0v) is 13.0. The van der Waals surface area contributed by atoms with Crippen LogP contribution in [0.5, 0.6) is 0 Å². The van der Waals surface area contributed by atoms with Crippen molar-refractivity contribution in [3.63, 3.8) is 0 Å². The molecule has 0 atom stereocenters. The summed E-state index contributed by atoms with van der Waals surface area (Å²) in [5, 5.41) is 9.19. The van der Waals surface area contributed by atoms with Gasteiger partial charge in [0.15, 0.2) is 0 Å². The van der Waals surface area contributed by atoms with Crippen LogP contribution < -0.4 is 0 Å². The molecule has 0 aromatic heterocycles. The summed E-state index contributed by atoms with van der Waals surface area (Å²) in [6, 6.07) is 5.99. The van der Waals surface area contributed by atoms with Gasteiger partial charge in [0.1, 0.15) is 11.2 Å². The van der Waals surface area contributed by atoms with E-state index in [4.69, 9.17) is 4.74 Å². The summed E-state index contributed by atoms with van der Waals surface area (Å²) in [6.07, 6.45) is 0.0514. The number of aryl methyl sites for hydroxylation is 1. The van der Waals surface area contributed by atoms with E-state index in [9.17, 15) is 22.7 Å². The Kier molecular flexibility index (Phi) is 4.84. The Morgan fingerprint density at radius 2 is 2.05 bits per heavy atom. The van der Waals surface area contributed by atoms with Gasteiger partial charge in [-0.3, -0.25) is 4.79 Å². The minimum absolute atomic E-state index is 0.0400. The fourth-order valence-electron chi connectivity index (χ4n) is 2.46. The number of carbonyl (C=O) groups is 1. The second-order valence-electron chi connectivity index (χ2n) is 5.44. The fourth-order valence-corrected chi connectivity index (χ4v) is 4.08. The Morgan fingerprint density at radius 1 is 1.41 bits per heavy atom. The van der Waals surface area contributed by atoms with Gasteiger partial charge in [0.05, 0.1) is 12.4 Å². The van der Waals surface area contributed by atoms with Gasteiger partial charge in [-0.25, -0.2) is 12.8 Å². The molecular weight excluding hydrogens is 313 g/mol. The smallest absolute Gasteiger partial charge is 0.314 e. The molecule has 1 saturated heterocycles. The second-order valence-corrected chi connectivity index (χ2v) is 7.53. The minimum Gasteiger partial charge on any atom is -0.481 e. The van der Waals surface area contributed by atoms with Crippen molar-refractivity contribution in [2.75, 3.05) is 32.6 Å². The summed E-state index contributed by atoms with van der Waals surface area (Å²) in [5.74, 6) is -1.77. The highest BCUT2D eigenvalue weighted by Crippen LogP contribution is 2.33. The number of ether oxygens (including phenoxy) is 1. The third kappa shape index (κ3) is 3.29. The number of methoxy groups -OCH3 is 1. The monoisotopic (exact) mass is 331 g/mol. The van der Waals surface area contributed by atoms with Crippen molar-refractivity contribution < 1.29 is 27.4 Å². The molecule has 1 heterocycles. The summed E-state index contributed by atoms with van der Waals surface area (Å²) in [7, 11) is -2.24. The molecule has 1 aliphatic rings. The van der Waals surface area contributed by atoms with Crippen molar-refractivity contribution in [1.82, 2.24) is 4.31 Å². The standard InChI is InChI=1S/C14H18FNO5S/c1-21-10-14(13(17)18)8-16(9-14)22(19,20)7-6-11-4-2-3-5-12(11)15/h2-5H,6-10H2,1H3,(H,17,18). The molecule has 0 saturated carbocycles. The van der Waals surface area contributed by atoms with Crippen molar-refractivity contribution in [3.8, 4) is 0 Å². The summed E-state index contributed by atoms with van der Waals surface area (Å²) in [5.41, 5.74) is -0.854. The maximum atomic E-state index is 13.5. The first-order valence-electron chi connectivity index (χ1n) is 6.74. The third-order valence-electron chi connectivity index (χ3n) is 3.81. The Bertz CT molecular complexity index is 655. The highest BCUT2D eigenvalue weighted by molar-refractivity contribution is 7.89. The molecular formula is C14H18FNO5S. The molecule has 0 aliphatic carbocycles. The molecule has 0 unspecified atom stereocenters. The van der Waals surface area contributed by atoms with E-state index >= 15 is 0 Å². The predicted molar refractivity (Wildman–Crippen MR) is 77.4 cm³/mol. The number of hydrogen-bond acceptors (Lipinski definition) is 4. The molecule has 2 rings (SSSR count). The van der Waals surface area contributed by atoms with Gasteiger partial charge in [-0.2, -0.15) is 4.31 Å². The molecule has 0 radical (unpaired) electrons. The predicted octanol–water partition coefficient (Wildman–Crippen LogP) is 0.731. The van der Waals surface area contributed by atoms with Crippen molar-refractivity contribution >= 4 is 16.0 Å². The number of rotatable bonds is 7. The normalized spacial score (nSPS) is 17.9. The van der Waals surface area contributed by atoms with E-state index in [1.165, 1.54) is 25.3 Å². The number of aliphatic carboxylic acids is 1. The quantitative estimate of drug-likeness (QED) is 0.796. The molecule has 1 fully saturated rings. The van der Waals surface area contributed by atoms with Crippen molar-refractivity contribution in [2.45, 2.75) is 6.42 Å². The van der Waals surface area contributed by atoms with Crippen LogP contribution in [0.15, 0.2) is 24.3 Å². The van der Waals surface area contributed by atoms with Gasteiger partial charge in [0.25, 0.3) is 0 Å². The lowest BCUT2D eigenvalue weighted by Gasteiger charge is -2.45. The van der Waals surface area contributed by atoms with E-state index in [0.29, 0.717) is 5.56 Å². The molecule has 0 amide bonds. The average Bonchev–Trinajstić information content (AvgIpc) is 2.41. The number of nitrogens with zero attached hydrogens (tertiary/aromatic N) is 1. The molecule has 8 heteroatoms. The van der Waals surface area contributed by atoms with Gasteiger partial charge in [0.2, 0.25) is 10.0 Å². The molecule has 1 aromatic rings. The summed E-state index contributed by atoms with van der Waals surface area (Å²) in [6.45, 7) is -0.271. The second kappa shape index (κ2) is 6.31. The van der Waals surface area contributed by atoms with Crippen LogP contribution in [0.25, 0.3) is 0 Å². The van der Waals surface area contributed by atoms with Crippen molar-refractivity contribution in [3.05, 3.63) is 35.6 Å². The zero-order chi connectivity index (χ0) is 16.4. The largest absolute Gasteiger partial charge is 0.481 e. The Morgan fingerprint density at radius 3 is 2.59 bits per heavy atom. The molecule has 0 spiro atoms. The van der Waals surface area contributed by atoms with Crippen LogP contribution in [0.1, 0.15) is 5.56 Å². The van der Waals surface area contributed by atoms with Gasteiger partial charge in [-0.15, -0.1) is 0 Å². The number of carboxylic acid groups (broad SMARTS) is 1. The SMILES string of the molecule is COCC1(C(=O)O)CN(S(=O)(=O)CCc2ccccc2F)C1. The van der Waals surface area contributed by atoms with Crippen LogP contribution in [0, 0.1) is 11.2 Å². The first-order chi connectivity index (χ1) is 10.3. The van der Waals surface area contributed by atoms with E-state index in [-0.39, 0.29) is 31.9 Å². The Labute approximate surface area is 128 Å². The summed E-state index contributed by atoms with van der Waals surface area (Å²) >= 11 is 0. The van der Waals surface area contributed by atoms with Gasteiger partial charge < -0.3 is 9.84 Å². The minimum atomic E-state index is -3.61. The van der Waals surface area contributed by atoms with Crippen molar-refractivity contribution in [1.29, 1.82) is 0 Å². The molecule has 1 N–H and O–H groups in total. The maximum absolute atomic E-state index is 13.5. The first-order valence-corrected chi connectivity index (χ1v) is 8.35. The number of halogens is 1. The van der Waals surface area contributed by atoms with Crippen LogP contribution in [0.2, 0.25) is 0 Å². The molecule has 0 bridgehead atoms. The number of hydrogen-bond donors (Lipinski definition) is 1. The zero-order valence-electron chi connectivity index (χ0n) is 12.2. The van der Waals surface area contributed by atoms with Gasteiger partial charge >= 0.3 is 5.97 Å². The number of sulfonamides is 1. The maximum Gasteiger partial charge on any atom is 0.314 e. The summed E-state index contributed by atoms with van der Waals surface area (Å²) < 4.78 is 43.8. The fraction of sp³-hybridized carbons (Fsp3) is 0.500. The van der Waals surface area contributed by atoms with Crippen molar-refractivity contribution in [2.24, 2.45) is 5.41 Å². The van der Waals surface area contributed by atoms with Gasteiger partial charge in [0, 0.05) is 20.2 Å².